The van der Waals surface area contributed by atoms with Crippen molar-refractivity contribution in [2.24, 2.45) is 0 Å². The molecule has 0 fully saturated rings. The van der Waals surface area contributed by atoms with Crippen LogP contribution in [0.4, 0.5) is 0 Å². The van der Waals surface area contributed by atoms with E-state index in [4.69, 9.17) is 23.2 Å². The summed E-state index contributed by atoms with van der Waals surface area (Å²) in [4.78, 5) is 0. The molecule has 0 saturated carbocycles. The van der Waals surface area contributed by atoms with Gasteiger partial charge in [-0.1, -0.05) is 35.4 Å². The molecule has 0 unspecified atom stereocenters. The summed E-state index contributed by atoms with van der Waals surface area (Å²) in [6.07, 6.45) is 6.14. The van der Waals surface area contributed by atoms with Crippen molar-refractivity contribution in [1.82, 2.24) is 4.57 Å². The second-order valence-electron chi connectivity index (χ2n) is 3.36. The highest BCUT2D eigenvalue weighted by Gasteiger charge is 2.05. The lowest BCUT2D eigenvalue weighted by atomic mass is 10.2. The highest BCUT2D eigenvalue weighted by molar-refractivity contribution is 6.38. The van der Waals surface area contributed by atoms with Gasteiger partial charge in [0.1, 0.15) is 0 Å². The first-order valence-electron chi connectivity index (χ1n) is 4.77. The first kappa shape index (κ1) is 10.6. The van der Waals surface area contributed by atoms with E-state index in [0.717, 1.165) is 17.4 Å². The van der Waals surface area contributed by atoms with Gasteiger partial charge in [-0.25, -0.2) is 0 Å². The van der Waals surface area contributed by atoms with Gasteiger partial charge in [0.05, 0.1) is 10.5 Å². The predicted octanol–water partition coefficient (Wildman–Crippen LogP) is 4.52. The Balaban J connectivity index is 2.58. The fourth-order valence-corrected chi connectivity index (χ4v) is 2.14. The van der Waals surface area contributed by atoms with E-state index < -0.39 is 0 Å². The summed E-state index contributed by atoms with van der Waals surface area (Å²) in [6, 6.07) is 5.72. The number of hydrogen-bond donors (Lipinski definition) is 0. The number of allylic oxidation sites excluding steroid dienone is 2. The van der Waals surface area contributed by atoms with Gasteiger partial charge < -0.3 is 4.57 Å². The number of rotatable bonds is 2. The maximum absolute atomic E-state index is 6.09. The molecule has 1 nitrogen and oxygen atoms in total. The summed E-state index contributed by atoms with van der Waals surface area (Å²) in [6.45, 7) is 2.85. The molecule has 0 saturated heterocycles. The van der Waals surface area contributed by atoms with Crippen LogP contribution >= 0.6 is 23.2 Å². The first-order valence-corrected chi connectivity index (χ1v) is 5.53. The number of halogens is 2. The van der Waals surface area contributed by atoms with E-state index in [1.807, 2.05) is 31.3 Å². The van der Waals surface area contributed by atoms with Gasteiger partial charge in [0.15, 0.2) is 0 Å². The molecule has 15 heavy (non-hydrogen) atoms. The number of nitrogens with zero attached hydrogens (tertiary/aromatic N) is 1. The summed E-state index contributed by atoms with van der Waals surface area (Å²) in [5.41, 5.74) is 1.07. The Labute approximate surface area is 98.9 Å². The monoisotopic (exact) mass is 239 g/mol. The molecule has 0 aliphatic carbocycles. The van der Waals surface area contributed by atoms with Gasteiger partial charge in [-0.2, -0.15) is 0 Å². The minimum Gasteiger partial charge on any atom is -0.344 e. The molecule has 78 valence electrons. The zero-order valence-corrected chi connectivity index (χ0v) is 9.89. The van der Waals surface area contributed by atoms with E-state index >= 15 is 0 Å². The van der Waals surface area contributed by atoms with Crippen LogP contribution in [0.1, 0.15) is 6.92 Å². The summed E-state index contributed by atoms with van der Waals surface area (Å²) in [7, 11) is 0. The lowest BCUT2D eigenvalue weighted by Gasteiger charge is -2.02. The van der Waals surface area contributed by atoms with E-state index in [2.05, 4.69) is 10.6 Å². The number of aromatic nitrogens is 1. The lowest BCUT2D eigenvalue weighted by Crippen LogP contribution is -1.91. The third kappa shape index (κ3) is 2.04. The van der Waals surface area contributed by atoms with Crippen molar-refractivity contribution in [3.8, 4) is 0 Å². The average Bonchev–Trinajstić information content (AvgIpc) is 2.58. The minimum absolute atomic E-state index is 0.674. The van der Waals surface area contributed by atoms with Crippen molar-refractivity contribution in [3.05, 3.63) is 46.6 Å². The van der Waals surface area contributed by atoms with Crippen molar-refractivity contribution in [2.45, 2.75) is 13.5 Å². The zero-order chi connectivity index (χ0) is 10.8. The summed E-state index contributed by atoms with van der Waals surface area (Å²) < 4.78 is 2.12. The fourth-order valence-electron chi connectivity index (χ4n) is 1.60. The molecule has 1 aromatic heterocycles. The van der Waals surface area contributed by atoms with Crippen molar-refractivity contribution >= 4 is 34.1 Å². The second kappa shape index (κ2) is 4.30. The van der Waals surface area contributed by atoms with Gasteiger partial charge in [-0.3, -0.25) is 0 Å². The second-order valence-corrected chi connectivity index (χ2v) is 4.20. The minimum atomic E-state index is 0.674. The van der Waals surface area contributed by atoms with Crippen molar-refractivity contribution in [2.75, 3.05) is 0 Å². The molecule has 0 aliphatic rings. The topological polar surface area (TPSA) is 4.93 Å². The Bertz CT molecular complexity index is 512. The SMILES string of the molecule is C/C=C/Cn1ccc2c(Cl)cc(Cl)cc21. The van der Waals surface area contributed by atoms with Crippen molar-refractivity contribution in [1.29, 1.82) is 0 Å². The number of hydrogen-bond acceptors (Lipinski definition) is 0. The Hall–Kier alpha value is -0.920. The quantitative estimate of drug-likeness (QED) is 0.680. The molecule has 1 heterocycles. The fraction of sp³-hybridized carbons (Fsp3) is 0.167. The van der Waals surface area contributed by atoms with E-state index in [9.17, 15) is 0 Å². The molecule has 2 rings (SSSR count). The zero-order valence-electron chi connectivity index (χ0n) is 8.37. The number of benzene rings is 1. The van der Waals surface area contributed by atoms with Gasteiger partial charge in [0.25, 0.3) is 0 Å². The van der Waals surface area contributed by atoms with E-state index in [1.54, 1.807) is 6.07 Å². The molecule has 0 N–H and O–H groups in total. The molecule has 0 aliphatic heterocycles. The molecular weight excluding hydrogens is 229 g/mol. The van der Waals surface area contributed by atoms with Crippen LogP contribution in [0.5, 0.6) is 0 Å². The molecule has 0 amide bonds. The van der Waals surface area contributed by atoms with Crippen LogP contribution in [0.15, 0.2) is 36.5 Å². The third-order valence-corrected chi connectivity index (χ3v) is 2.87. The van der Waals surface area contributed by atoms with Crippen LogP contribution in [0, 0.1) is 0 Å². The van der Waals surface area contributed by atoms with Gasteiger partial charge in [-0.05, 0) is 25.1 Å². The van der Waals surface area contributed by atoms with Crippen LogP contribution in [-0.2, 0) is 6.54 Å². The maximum atomic E-state index is 6.09. The smallest absolute Gasteiger partial charge is 0.0514 e. The highest BCUT2D eigenvalue weighted by Crippen LogP contribution is 2.28. The first-order chi connectivity index (χ1) is 7.22. The van der Waals surface area contributed by atoms with Crippen molar-refractivity contribution < 1.29 is 0 Å². The van der Waals surface area contributed by atoms with Gasteiger partial charge >= 0.3 is 0 Å². The molecule has 2 aromatic rings. The maximum Gasteiger partial charge on any atom is 0.0514 e. The molecule has 0 atom stereocenters. The van der Waals surface area contributed by atoms with Gasteiger partial charge in [0.2, 0.25) is 0 Å². The van der Waals surface area contributed by atoms with Crippen LogP contribution in [0.2, 0.25) is 10.0 Å². The summed E-state index contributed by atoms with van der Waals surface area (Å²) >= 11 is 12.1. The Morgan fingerprint density at radius 1 is 1.33 bits per heavy atom. The number of fused-ring (bicyclic) bond motifs is 1. The Morgan fingerprint density at radius 2 is 2.13 bits per heavy atom. The molecule has 0 bridgehead atoms. The molecule has 1 aromatic carbocycles. The van der Waals surface area contributed by atoms with Crippen LogP contribution in [0.3, 0.4) is 0 Å². The molecule has 3 heteroatoms. The normalized spacial score (nSPS) is 11.7. The predicted molar refractivity (Wildman–Crippen MR) is 66.8 cm³/mol. The van der Waals surface area contributed by atoms with E-state index in [1.165, 1.54) is 0 Å². The third-order valence-electron chi connectivity index (χ3n) is 2.34. The van der Waals surface area contributed by atoms with E-state index in [-0.39, 0.29) is 0 Å². The molecule has 0 radical (unpaired) electrons. The van der Waals surface area contributed by atoms with Crippen LogP contribution < -0.4 is 0 Å². The summed E-state index contributed by atoms with van der Waals surface area (Å²) in [5, 5.41) is 2.43. The molecule has 0 spiro atoms. The average molecular weight is 240 g/mol. The Kier molecular flexibility index (Phi) is 3.03. The molecular formula is C12H11Cl2N. The lowest BCUT2D eigenvalue weighted by molar-refractivity contribution is 0.862. The summed E-state index contributed by atoms with van der Waals surface area (Å²) in [5.74, 6) is 0. The van der Waals surface area contributed by atoms with E-state index in [0.29, 0.717) is 10.0 Å². The van der Waals surface area contributed by atoms with Gasteiger partial charge in [0, 0.05) is 23.2 Å². The largest absolute Gasteiger partial charge is 0.344 e. The van der Waals surface area contributed by atoms with Gasteiger partial charge in [-0.15, -0.1) is 0 Å². The van der Waals surface area contributed by atoms with Crippen LogP contribution in [0.25, 0.3) is 10.9 Å². The van der Waals surface area contributed by atoms with Crippen molar-refractivity contribution in [3.63, 3.8) is 0 Å². The van der Waals surface area contributed by atoms with Crippen LogP contribution in [-0.4, -0.2) is 4.57 Å². The highest BCUT2D eigenvalue weighted by atomic mass is 35.5. The Morgan fingerprint density at radius 3 is 2.87 bits per heavy atom. The standard InChI is InChI=1S/C12H11Cl2N/c1-2-3-5-15-6-4-10-11(14)7-9(13)8-12(10)15/h2-4,6-8H,5H2,1H3/b3-2+.